The lowest BCUT2D eigenvalue weighted by Crippen LogP contribution is -2.15. The number of ether oxygens (including phenoxy) is 2. The normalized spacial score (nSPS) is 17.2. The highest BCUT2D eigenvalue weighted by atomic mass is 79.9. The Hall–Kier alpha value is -3.05. The average Bonchev–Trinajstić information content (AvgIpc) is 3.52. The van der Waals surface area contributed by atoms with Crippen LogP contribution >= 0.6 is 15.9 Å². The highest BCUT2D eigenvalue weighted by Crippen LogP contribution is 2.57. The van der Waals surface area contributed by atoms with Gasteiger partial charge in [0.2, 0.25) is 0 Å². The van der Waals surface area contributed by atoms with Gasteiger partial charge in [0.05, 0.1) is 25.5 Å². The summed E-state index contributed by atoms with van der Waals surface area (Å²) in [6, 6.07) is 9.52. The number of nitrogens with zero attached hydrogens (tertiary/aromatic N) is 2. The van der Waals surface area contributed by atoms with Crippen molar-refractivity contribution in [2.75, 3.05) is 14.2 Å². The minimum atomic E-state index is -4.44. The predicted molar refractivity (Wildman–Crippen MR) is 130 cm³/mol. The van der Waals surface area contributed by atoms with Gasteiger partial charge in [-0.25, -0.2) is 4.79 Å². The van der Waals surface area contributed by atoms with Crippen LogP contribution < -0.4 is 14.8 Å². The Morgan fingerprint density at radius 1 is 1.14 bits per heavy atom. The van der Waals surface area contributed by atoms with Crippen LogP contribution in [0.4, 0.5) is 13.2 Å². The number of methoxy groups -OCH3 is 2. The molecule has 192 valence electrons. The van der Waals surface area contributed by atoms with E-state index in [4.69, 9.17) is 9.47 Å². The second-order valence-electron chi connectivity index (χ2n) is 8.65. The maximum atomic E-state index is 13.2. The number of carbonyl (C=O) groups is 1. The van der Waals surface area contributed by atoms with Crippen molar-refractivity contribution < 1.29 is 32.5 Å². The molecule has 0 amide bonds. The fourth-order valence-electron chi connectivity index (χ4n) is 4.40. The highest BCUT2D eigenvalue weighted by molar-refractivity contribution is 9.10. The van der Waals surface area contributed by atoms with E-state index in [1.807, 2.05) is 6.07 Å². The fourth-order valence-corrected chi connectivity index (χ4v) is 4.87. The zero-order chi connectivity index (χ0) is 26.2. The summed E-state index contributed by atoms with van der Waals surface area (Å²) in [5.74, 6) is 0.383. The van der Waals surface area contributed by atoms with E-state index in [-0.39, 0.29) is 28.5 Å². The number of carboxylic acids is 1. The van der Waals surface area contributed by atoms with Crippen LogP contribution in [0.25, 0.3) is 0 Å². The van der Waals surface area contributed by atoms with Crippen LogP contribution in [0.15, 0.2) is 40.9 Å². The van der Waals surface area contributed by atoms with E-state index in [1.54, 1.807) is 39.5 Å². The van der Waals surface area contributed by atoms with Gasteiger partial charge in [0.1, 0.15) is 17.2 Å². The largest absolute Gasteiger partial charge is 0.496 e. The predicted octanol–water partition coefficient (Wildman–Crippen LogP) is 5.48. The van der Waals surface area contributed by atoms with Gasteiger partial charge < -0.3 is 19.9 Å². The summed E-state index contributed by atoms with van der Waals surface area (Å²) in [5, 5.41) is 16.9. The summed E-state index contributed by atoms with van der Waals surface area (Å²) >= 11 is 2.96. The van der Waals surface area contributed by atoms with E-state index >= 15 is 0 Å². The third-order valence-corrected chi connectivity index (χ3v) is 6.99. The van der Waals surface area contributed by atoms with Crippen molar-refractivity contribution >= 4 is 21.9 Å². The molecule has 0 aliphatic heterocycles. The van der Waals surface area contributed by atoms with Crippen LogP contribution in [-0.2, 0) is 26.3 Å². The quantitative estimate of drug-likeness (QED) is 0.356. The summed E-state index contributed by atoms with van der Waals surface area (Å²) < 4.78 is 52.1. The van der Waals surface area contributed by atoms with Crippen LogP contribution in [0, 0.1) is 0 Å². The van der Waals surface area contributed by atoms with Crippen LogP contribution in [0.5, 0.6) is 11.5 Å². The molecule has 3 aromatic rings. The third-order valence-electron chi connectivity index (χ3n) is 6.30. The number of aromatic nitrogens is 2. The minimum absolute atomic E-state index is 0.00239. The Kier molecular flexibility index (Phi) is 7.33. The van der Waals surface area contributed by atoms with Crippen molar-refractivity contribution in [3.05, 3.63) is 74.5 Å². The van der Waals surface area contributed by atoms with Crippen molar-refractivity contribution in [2.45, 2.75) is 37.5 Å². The van der Waals surface area contributed by atoms with Gasteiger partial charge in [0.15, 0.2) is 0 Å². The maximum absolute atomic E-state index is 13.2. The Morgan fingerprint density at radius 3 is 2.47 bits per heavy atom. The van der Waals surface area contributed by atoms with E-state index in [9.17, 15) is 23.1 Å². The maximum Gasteiger partial charge on any atom is 0.417 e. The van der Waals surface area contributed by atoms with Crippen molar-refractivity contribution in [1.82, 2.24) is 15.1 Å². The molecule has 4 rings (SSSR count). The van der Waals surface area contributed by atoms with Gasteiger partial charge in [-0.15, -0.1) is 0 Å². The molecule has 1 heterocycles. The fraction of sp³-hybridized carbons (Fsp3) is 0.360. The first-order valence-corrected chi connectivity index (χ1v) is 11.9. The first kappa shape index (κ1) is 26.0. The summed E-state index contributed by atoms with van der Waals surface area (Å²) in [6.45, 7) is 0.598. The first-order chi connectivity index (χ1) is 17.0. The lowest BCUT2D eigenvalue weighted by molar-refractivity contribution is -0.138. The highest BCUT2D eigenvalue weighted by Gasteiger charge is 2.43. The lowest BCUT2D eigenvalue weighted by atomic mass is 10.0. The molecule has 2 atom stereocenters. The summed E-state index contributed by atoms with van der Waals surface area (Å²) in [5.41, 5.74) is 2.42. The molecule has 7 nitrogen and oxygen atoms in total. The molecule has 2 N–H and O–H groups in total. The van der Waals surface area contributed by atoms with Gasteiger partial charge in [-0.2, -0.15) is 18.3 Å². The molecule has 2 unspecified atom stereocenters. The smallest absolute Gasteiger partial charge is 0.417 e. The summed E-state index contributed by atoms with van der Waals surface area (Å²) in [6.07, 6.45) is -3.65. The van der Waals surface area contributed by atoms with E-state index < -0.39 is 17.7 Å². The lowest BCUT2D eigenvalue weighted by Gasteiger charge is -2.16. The molecule has 1 aliphatic carbocycles. The van der Waals surface area contributed by atoms with E-state index in [0.717, 1.165) is 23.6 Å². The number of hydrogen-bond donors (Lipinski definition) is 2. The number of hydrogen-bond acceptors (Lipinski definition) is 5. The minimum Gasteiger partial charge on any atom is -0.496 e. The van der Waals surface area contributed by atoms with Crippen molar-refractivity contribution in [3.63, 3.8) is 0 Å². The van der Waals surface area contributed by atoms with Gasteiger partial charge >= 0.3 is 12.1 Å². The number of halogens is 4. The van der Waals surface area contributed by atoms with Crippen molar-refractivity contribution in [2.24, 2.45) is 7.05 Å². The zero-order valence-corrected chi connectivity index (χ0v) is 21.4. The van der Waals surface area contributed by atoms with Gasteiger partial charge in [-0.1, -0.05) is 22.0 Å². The van der Waals surface area contributed by atoms with Crippen LogP contribution in [-0.4, -0.2) is 35.1 Å². The molecule has 1 fully saturated rings. The average molecular weight is 568 g/mol. The van der Waals surface area contributed by atoms with Crippen LogP contribution in [0.2, 0.25) is 0 Å². The number of rotatable bonds is 9. The second-order valence-corrected chi connectivity index (χ2v) is 9.51. The number of alkyl halides is 3. The number of nitrogens with one attached hydrogen (secondary N) is 1. The standard InChI is InChI=1S/C25H25BrF3N3O4/c1-32-21(24(33)34)9-20(31-32)16-8-15(16)17-7-14(22(35-2)10-23(17)36-3)12-30-11-13-4-5-19(26)18(6-13)25(27,28)29/h4-7,9-10,15-16,30H,8,11-12H2,1-3H3,(H,33,34). The van der Waals surface area contributed by atoms with E-state index in [2.05, 4.69) is 26.3 Å². The van der Waals surface area contributed by atoms with E-state index in [1.165, 1.54) is 10.7 Å². The number of aryl methyl sites for hydroxylation is 1. The summed E-state index contributed by atoms with van der Waals surface area (Å²) in [4.78, 5) is 11.4. The third kappa shape index (κ3) is 5.36. The number of carboxylic acid groups (broad SMARTS) is 1. The topological polar surface area (TPSA) is 85.6 Å². The molecule has 2 aromatic carbocycles. The summed E-state index contributed by atoms with van der Waals surface area (Å²) in [7, 11) is 4.72. The Bertz CT molecular complexity index is 1290. The van der Waals surface area contributed by atoms with Crippen LogP contribution in [0.1, 0.15) is 56.7 Å². The Labute approximate surface area is 214 Å². The first-order valence-electron chi connectivity index (χ1n) is 11.1. The molecule has 0 radical (unpaired) electrons. The number of benzene rings is 2. The molecule has 1 saturated carbocycles. The molecular formula is C25H25BrF3N3O4. The molecular weight excluding hydrogens is 543 g/mol. The SMILES string of the molecule is COc1cc(OC)c(C2CC2c2cc(C(=O)O)n(C)n2)cc1CNCc1ccc(Br)c(C(F)(F)F)c1. The molecule has 0 saturated heterocycles. The van der Waals surface area contributed by atoms with Gasteiger partial charge in [0, 0.05) is 42.2 Å². The van der Waals surface area contributed by atoms with Gasteiger partial charge in [0.25, 0.3) is 0 Å². The zero-order valence-electron chi connectivity index (χ0n) is 19.8. The van der Waals surface area contributed by atoms with Gasteiger partial charge in [-0.3, -0.25) is 4.68 Å². The Balaban J connectivity index is 1.52. The monoisotopic (exact) mass is 567 g/mol. The molecule has 0 spiro atoms. The van der Waals surface area contributed by atoms with Crippen molar-refractivity contribution in [1.29, 1.82) is 0 Å². The van der Waals surface area contributed by atoms with E-state index in [0.29, 0.717) is 29.3 Å². The molecule has 1 aromatic heterocycles. The molecule has 11 heteroatoms. The molecule has 1 aliphatic rings. The molecule has 0 bridgehead atoms. The Morgan fingerprint density at radius 2 is 1.86 bits per heavy atom. The van der Waals surface area contributed by atoms with Gasteiger partial charge in [-0.05, 0) is 47.7 Å². The van der Waals surface area contributed by atoms with Crippen molar-refractivity contribution in [3.8, 4) is 11.5 Å². The second kappa shape index (κ2) is 10.1. The molecule has 36 heavy (non-hydrogen) atoms. The van der Waals surface area contributed by atoms with Crippen LogP contribution in [0.3, 0.4) is 0 Å². The number of aromatic carboxylic acids is 1.